The summed E-state index contributed by atoms with van der Waals surface area (Å²) >= 11 is 0. The first kappa shape index (κ1) is 19.6. The zero-order chi connectivity index (χ0) is 17.1. The number of amides is 1. The molecule has 0 aromatic heterocycles. The minimum atomic E-state index is -3.51. The number of benzene rings is 1. The van der Waals surface area contributed by atoms with Crippen LogP contribution in [0.2, 0.25) is 0 Å². The van der Waals surface area contributed by atoms with Crippen molar-refractivity contribution in [2.45, 2.75) is 20.4 Å². The highest BCUT2D eigenvalue weighted by Gasteiger charge is 2.12. The van der Waals surface area contributed by atoms with Gasteiger partial charge in [-0.25, -0.2) is 13.1 Å². The first-order chi connectivity index (χ1) is 11.0. The zero-order valence-electron chi connectivity index (χ0n) is 13.6. The van der Waals surface area contributed by atoms with Crippen LogP contribution in [0.25, 0.3) is 0 Å². The first-order valence-corrected chi connectivity index (χ1v) is 9.26. The quantitative estimate of drug-likeness (QED) is 0.514. The minimum absolute atomic E-state index is 0.111. The third kappa shape index (κ3) is 8.65. The van der Waals surface area contributed by atoms with Gasteiger partial charge in [0.05, 0.1) is 18.9 Å². The van der Waals surface area contributed by atoms with Gasteiger partial charge < -0.3 is 15.4 Å². The van der Waals surface area contributed by atoms with Crippen LogP contribution in [-0.2, 0) is 26.1 Å². The van der Waals surface area contributed by atoms with Gasteiger partial charge in [-0.05, 0) is 31.2 Å². The van der Waals surface area contributed by atoms with Gasteiger partial charge in [-0.2, -0.15) is 0 Å². The highest BCUT2D eigenvalue weighted by molar-refractivity contribution is 7.89. The van der Waals surface area contributed by atoms with Crippen molar-refractivity contribution >= 4 is 21.6 Å². The Balaban J connectivity index is 2.44. The smallest absolute Gasteiger partial charge is 0.239 e. The van der Waals surface area contributed by atoms with Crippen molar-refractivity contribution in [2.75, 3.05) is 37.4 Å². The summed E-state index contributed by atoms with van der Waals surface area (Å²) in [6, 6.07) is 7.41. The molecule has 7 nitrogen and oxygen atoms in total. The summed E-state index contributed by atoms with van der Waals surface area (Å²) in [6.07, 6.45) is 0. The molecule has 3 N–H and O–H groups in total. The fourth-order valence-corrected chi connectivity index (χ4v) is 2.63. The van der Waals surface area contributed by atoms with Crippen molar-refractivity contribution in [1.82, 2.24) is 10.0 Å². The van der Waals surface area contributed by atoms with E-state index in [1.54, 1.807) is 13.0 Å². The summed E-state index contributed by atoms with van der Waals surface area (Å²) in [6.45, 7) is 5.65. The number of carbonyl (C=O) groups is 1. The maximum atomic E-state index is 11.8. The number of hydrogen-bond donors (Lipinski definition) is 3. The van der Waals surface area contributed by atoms with Gasteiger partial charge in [0.1, 0.15) is 0 Å². The third-order valence-corrected chi connectivity index (χ3v) is 4.23. The Morgan fingerprint density at radius 3 is 2.74 bits per heavy atom. The standard InChI is InChI=1S/C15H25N3O4S/c1-3-16-11-13-6-5-7-14(10-13)18-15(19)12-17-23(20,21)9-8-22-4-2/h5-7,10,16-17H,3-4,8-9,11-12H2,1-2H3,(H,18,19). The number of hydrogen-bond acceptors (Lipinski definition) is 5. The largest absolute Gasteiger partial charge is 0.381 e. The lowest BCUT2D eigenvalue weighted by atomic mass is 10.2. The molecule has 0 aliphatic rings. The lowest BCUT2D eigenvalue weighted by Crippen LogP contribution is -2.35. The molecular weight excluding hydrogens is 318 g/mol. The summed E-state index contributed by atoms with van der Waals surface area (Å²) in [5.41, 5.74) is 1.68. The molecule has 0 atom stereocenters. The highest BCUT2D eigenvalue weighted by Crippen LogP contribution is 2.10. The average molecular weight is 343 g/mol. The fraction of sp³-hybridized carbons (Fsp3) is 0.533. The van der Waals surface area contributed by atoms with E-state index in [2.05, 4.69) is 15.4 Å². The number of nitrogens with one attached hydrogen (secondary N) is 3. The van der Waals surface area contributed by atoms with Crippen molar-refractivity contribution in [3.63, 3.8) is 0 Å². The summed E-state index contributed by atoms with van der Waals surface area (Å²) < 4.78 is 30.6. The van der Waals surface area contributed by atoms with Crippen molar-refractivity contribution in [2.24, 2.45) is 0 Å². The van der Waals surface area contributed by atoms with Gasteiger partial charge in [0.15, 0.2) is 0 Å². The Morgan fingerprint density at radius 1 is 1.26 bits per heavy atom. The number of carbonyl (C=O) groups excluding carboxylic acids is 1. The van der Waals surface area contributed by atoms with Crippen LogP contribution in [0.5, 0.6) is 0 Å². The van der Waals surface area contributed by atoms with Crippen molar-refractivity contribution in [1.29, 1.82) is 0 Å². The molecule has 23 heavy (non-hydrogen) atoms. The molecule has 1 rings (SSSR count). The Bertz CT molecular complexity index is 590. The molecule has 0 spiro atoms. The number of ether oxygens (including phenoxy) is 1. The van der Waals surface area contributed by atoms with E-state index >= 15 is 0 Å². The first-order valence-electron chi connectivity index (χ1n) is 7.61. The molecule has 0 unspecified atom stereocenters. The van der Waals surface area contributed by atoms with E-state index < -0.39 is 15.9 Å². The van der Waals surface area contributed by atoms with Crippen molar-refractivity contribution < 1.29 is 17.9 Å². The fourth-order valence-electron chi connectivity index (χ4n) is 1.79. The molecule has 0 aliphatic carbocycles. The second kappa shape index (κ2) is 10.3. The lowest BCUT2D eigenvalue weighted by molar-refractivity contribution is -0.115. The van der Waals surface area contributed by atoms with Crippen LogP contribution in [-0.4, -0.2) is 46.4 Å². The van der Waals surface area contributed by atoms with Crippen molar-refractivity contribution in [3.05, 3.63) is 29.8 Å². The lowest BCUT2D eigenvalue weighted by Gasteiger charge is -2.09. The van der Waals surface area contributed by atoms with Crippen LogP contribution >= 0.6 is 0 Å². The molecule has 0 saturated heterocycles. The molecule has 1 amide bonds. The maximum absolute atomic E-state index is 11.8. The van der Waals surface area contributed by atoms with Crippen molar-refractivity contribution in [3.8, 4) is 0 Å². The molecule has 0 saturated carbocycles. The highest BCUT2D eigenvalue weighted by atomic mass is 32.2. The van der Waals surface area contributed by atoms with Crippen LogP contribution in [0, 0.1) is 0 Å². The second-order valence-corrected chi connectivity index (χ2v) is 6.79. The number of anilines is 1. The predicted molar refractivity (Wildman–Crippen MR) is 90.7 cm³/mol. The third-order valence-electron chi connectivity index (χ3n) is 2.94. The van der Waals surface area contributed by atoms with E-state index in [0.29, 0.717) is 18.8 Å². The van der Waals surface area contributed by atoms with E-state index in [1.807, 2.05) is 25.1 Å². The van der Waals surface area contributed by atoms with Crippen LogP contribution in [0.3, 0.4) is 0 Å². The maximum Gasteiger partial charge on any atom is 0.239 e. The van der Waals surface area contributed by atoms with Gasteiger partial charge in [0.25, 0.3) is 0 Å². The van der Waals surface area contributed by atoms with E-state index in [-0.39, 0.29) is 18.9 Å². The Kier molecular flexibility index (Phi) is 8.78. The van der Waals surface area contributed by atoms with Gasteiger partial charge in [0, 0.05) is 18.8 Å². The molecular formula is C15H25N3O4S. The Labute approximate surface area is 137 Å². The molecule has 0 bridgehead atoms. The van der Waals surface area contributed by atoms with Gasteiger partial charge in [-0.3, -0.25) is 4.79 Å². The SMILES string of the molecule is CCNCc1cccc(NC(=O)CNS(=O)(=O)CCOCC)c1. The number of rotatable bonds is 11. The van der Waals surface area contributed by atoms with Gasteiger partial charge in [0.2, 0.25) is 15.9 Å². The average Bonchev–Trinajstić information content (AvgIpc) is 2.52. The predicted octanol–water partition coefficient (Wildman–Crippen LogP) is 0.691. The van der Waals surface area contributed by atoms with E-state index in [9.17, 15) is 13.2 Å². The van der Waals surface area contributed by atoms with E-state index in [1.165, 1.54) is 0 Å². The summed E-state index contributed by atoms with van der Waals surface area (Å²) in [4.78, 5) is 11.8. The van der Waals surface area contributed by atoms with Crippen LogP contribution in [0.15, 0.2) is 24.3 Å². The van der Waals surface area contributed by atoms with Crippen LogP contribution < -0.4 is 15.4 Å². The summed E-state index contributed by atoms with van der Waals surface area (Å²) in [5.74, 6) is -0.572. The molecule has 0 fully saturated rings. The van der Waals surface area contributed by atoms with Gasteiger partial charge >= 0.3 is 0 Å². The Morgan fingerprint density at radius 2 is 2.04 bits per heavy atom. The molecule has 0 radical (unpaired) electrons. The normalized spacial score (nSPS) is 11.4. The Hall–Kier alpha value is -1.48. The van der Waals surface area contributed by atoms with E-state index in [4.69, 9.17) is 4.74 Å². The molecule has 0 heterocycles. The van der Waals surface area contributed by atoms with E-state index in [0.717, 1.165) is 12.1 Å². The van der Waals surface area contributed by atoms with Gasteiger partial charge in [-0.1, -0.05) is 19.1 Å². The minimum Gasteiger partial charge on any atom is -0.381 e. The molecule has 1 aromatic carbocycles. The molecule has 1 aromatic rings. The topological polar surface area (TPSA) is 96.5 Å². The summed E-state index contributed by atoms with van der Waals surface area (Å²) in [5, 5.41) is 5.87. The van der Waals surface area contributed by atoms with Crippen LogP contribution in [0.4, 0.5) is 5.69 Å². The number of sulfonamides is 1. The molecule has 130 valence electrons. The van der Waals surface area contributed by atoms with Gasteiger partial charge in [-0.15, -0.1) is 0 Å². The monoisotopic (exact) mass is 343 g/mol. The van der Waals surface area contributed by atoms with Crippen LogP contribution in [0.1, 0.15) is 19.4 Å². The second-order valence-electron chi connectivity index (χ2n) is 4.87. The summed E-state index contributed by atoms with van der Waals surface area (Å²) in [7, 11) is -3.51. The molecule has 8 heteroatoms. The zero-order valence-corrected chi connectivity index (χ0v) is 14.4. The molecule has 0 aliphatic heterocycles.